The highest BCUT2D eigenvalue weighted by atomic mass is 16.2. The summed E-state index contributed by atoms with van der Waals surface area (Å²) >= 11 is 0. The van der Waals surface area contributed by atoms with Crippen LogP contribution >= 0.6 is 0 Å². The maximum atomic E-state index is 10.8. The van der Waals surface area contributed by atoms with Crippen molar-refractivity contribution in [1.82, 2.24) is 10.6 Å². The molecular formula is C6H12N2O. The molecule has 0 spiro atoms. The zero-order chi connectivity index (χ0) is 6.85. The molecular weight excluding hydrogens is 116 g/mol. The van der Waals surface area contributed by atoms with Crippen molar-refractivity contribution < 1.29 is 4.79 Å². The van der Waals surface area contributed by atoms with E-state index >= 15 is 0 Å². The molecule has 2 N–H and O–H groups in total. The van der Waals surface area contributed by atoms with Crippen LogP contribution in [0.1, 0.15) is 13.8 Å². The Morgan fingerprint density at radius 3 is 2.67 bits per heavy atom. The lowest BCUT2D eigenvalue weighted by molar-refractivity contribution is -0.124. The van der Waals surface area contributed by atoms with Gasteiger partial charge in [0.2, 0.25) is 5.91 Å². The van der Waals surface area contributed by atoms with Crippen LogP contribution in [-0.4, -0.2) is 24.5 Å². The summed E-state index contributed by atoms with van der Waals surface area (Å²) in [5.74, 6) is 0.105. The van der Waals surface area contributed by atoms with Gasteiger partial charge in [-0.25, -0.2) is 0 Å². The SMILES string of the molecule is C[C@@H]1CN[C@@H](C)C(=O)N1. The van der Waals surface area contributed by atoms with Crippen molar-refractivity contribution in [3.05, 3.63) is 0 Å². The van der Waals surface area contributed by atoms with Gasteiger partial charge in [0, 0.05) is 12.6 Å². The second-order valence-corrected chi connectivity index (χ2v) is 2.54. The highest BCUT2D eigenvalue weighted by Crippen LogP contribution is 1.91. The van der Waals surface area contributed by atoms with Gasteiger partial charge in [-0.1, -0.05) is 0 Å². The summed E-state index contributed by atoms with van der Waals surface area (Å²) in [4.78, 5) is 10.8. The maximum Gasteiger partial charge on any atom is 0.237 e. The average molecular weight is 128 g/mol. The van der Waals surface area contributed by atoms with Crippen LogP contribution < -0.4 is 10.6 Å². The number of rotatable bonds is 0. The van der Waals surface area contributed by atoms with E-state index in [0.717, 1.165) is 6.54 Å². The van der Waals surface area contributed by atoms with Crippen LogP contribution in [0.2, 0.25) is 0 Å². The van der Waals surface area contributed by atoms with E-state index in [9.17, 15) is 4.79 Å². The summed E-state index contributed by atoms with van der Waals surface area (Å²) in [5, 5.41) is 5.90. The summed E-state index contributed by atoms with van der Waals surface area (Å²) in [7, 11) is 0. The Morgan fingerprint density at radius 2 is 2.22 bits per heavy atom. The Hall–Kier alpha value is -0.570. The third-order valence-corrected chi connectivity index (χ3v) is 1.51. The zero-order valence-electron chi connectivity index (χ0n) is 5.77. The highest BCUT2D eigenvalue weighted by molar-refractivity contribution is 5.82. The Balaban J connectivity index is 2.44. The van der Waals surface area contributed by atoms with Gasteiger partial charge in [0.25, 0.3) is 0 Å². The van der Waals surface area contributed by atoms with Crippen LogP contribution in [0.15, 0.2) is 0 Å². The van der Waals surface area contributed by atoms with Crippen LogP contribution in [0.5, 0.6) is 0 Å². The van der Waals surface area contributed by atoms with E-state index in [2.05, 4.69) is 10.6 Å². The Labute approximate surface area is 54.8 Å². The zero-order valence-corrected chi connectivity index (χ0v) is 5.77. The predicted molar refractivity (Wildman–Crippen MR) is 35.1 cm³/mol. The van der Waals surface area contributed by atoms with Crippen LogP contribution in [0.3, 0.4) is 0 Å². The minimum Gasteiger partial charge on any atom is -0.351 e. The molecule has 0 aromatic rings. The monoisotopic (exact) mass is 128 g/mol. The highest BCUT2D eigenvalue weighted by Gasteiger charge is 2.19. The molecule has 0 unspecified atom stereocenters. The molecule has 0 saturated carbocycles. The molecule has 2 atom stereocenters. The first-order valence-electron chi connectivity index (χ1n) is 3.24. The molecule has 1 aliphatic heterocycles. The lowest BCUT2D eigenvalue weighted by atomic mass is 10.2. The second kappa shape index (κ2) is 2.35. The first-order valence-corrected chi connectivity index (χ1v) is 3.24. The number of amides is 1. The van der Waals surface area contributed by atoms with E-state index in [1.165, 1.54) is 0 Å². The van der Waals surface area contributed by atoms with Gasteiger partial charge in [-0.15, -0.1) is 0 Å². The van der Waals surface area contributed by atoms with Crippen molar-refractivity contribution in [3.8, 4) is 0 Å². The molecule has 1 saturated heterocycles. The molecule has 9 heavy (non-hydrogen) atoms. The predicted octanol–water partition coefficient (Wildman–Crippen LogP) is -0.517. The van der Waals surface area contributed by atoms with E-state index in [-0.39, 0.29) is 18.0 Å². The molecule has 1 fully saturated rings. The van der Waals surface area contributed by atoms with Crippen molar-refractivity contribution in [2.45, 2.75) is 25.9 Å². The molecule has 3 nitrogen and oxygen atoms in total. The van der Waals surface area contributed by atoms with E-state index < -0.39 is 0 Å². The fraction of sp³-hybridized carbons (Fsp3) is 0.833. The second-order valence-electron chi connectivity index (χ2n) is 2.54. The summed E-state index contributed by atoms with van der Waals surface area (Å²) in [5.41, 5.74) is 0. The minimum atomic E-state index is -0.0128. The quantitative estimate of drug-likeness (QED) is 0.461. The summed E-state index contributed by atoms with van der Waals surface area (Å²) in [6.45, 7) is 4.73. The van der Waals surface area contributed by atoms with Crippen LogP contribution in [-0.2, 0) is 4.79 Å². The van der Waals surface area contributed by atoms with Crippen molar-refractivity contribution in [2.75, 3.05) is 6.54 Å². The Morgan fingerprint density at radius 1 is 1.56 bits per heavy atom. The first-order chi connectivity index (χ1) is 4.20. The van der Waals surface area contributed by atoms with Gasteiger partial charge in [-0.05, 0) is 13.8 Å². The Bertz CT molecular complexity index is 124. The molecule has 0 aromatic heterocycles. The molecule has 0 bridgehead atoms. The molecule has 0 radical (unpaired) electrons. The summed E-state index contributed by atoms with van der Waals surface area (Å²) in [6, 6.07) is 0.273. The van der Waals surface area contributed by atoms with Gasteiger partial charge >= 0.3 is 0 Å². The number of hydrogen-bond donors (Lipinski definition) is 2. The van der Waals surface area contributed by atoms with Crippen molar-refractivity contribution in [2.24, 2.45) is 0 Å². The Kier molecular flexibility index (Phi) is 1.71. The van der Waals surface area contributed by atoms with Gasteiger partial charge in [-0.2, -0.15) is 0 Å². The fourth-order valence-corrected chi connectivity index (χ4v) is 0.865. The number of piperazine rings is 1. The van der Waals surface area contributed by atoms with Gasteiger partial charge < -0.3 is 10.6 Å². The standard InChI is InChI=1S/C6H12N2O/c1-4-3-7-5(2)6(9)8-4/h4-5,7H,3H2,1-2H3,(H,8,9)/t4-,5+/m1/s1. The van der Waals surface area contributed by atoms with Gasteiger partial charge in [0.05, 0.1) is 6.04 Å². The molecule has 1 heterocycles. The lowest BCUT2D eigenvalue weighted by Crippen LogP contribution is -2.55. The van der Waals surface area contributed by atoms with Gasteiger partial charge in [-0.3, -0.25) is 4.79 Å². The topological polar surface area (TPSA) is 41.1 Å². The van der Waals surface area contributed by atoms with E-state index in [4.69, 9.17) is 0 Å². The largest absolute Gasteiger partial charge is 0.351 e. The average Bonchev–Trinajstić information content (AvgIpc) is 1.80. The van der Waals surface area contributed by atoms with Crippen molar-refractivity contribution in [1.29, 1.82) is 0 Å². The molecule has 1 aliphatic rings. The maximum absolute atomic E-state index is 10.8. The smallest absolute Gasteiger partial charge is 0.237 e. The minimum absolute atomic E-state index is 0.0128. The van der Waals surface area contributed by atoms with Crippen LogP contribution in [0, 0.1) is 0 Å². The van der Waals surface area contributed by atoms with E-state index in [1.54, 1.807) is 0 Å². The van der Waals surface area contributed by atoms with Crippen LogP contribution in [0.25, 0.3) is 0 Å². The van der Waals surface area contributed by atoms with Gasteiger partial charge in [0.15, 0.2) is 0 Å². The molecule has 52 valence electrons. The number of carbonyl (C=O) groups excluding carboxylic acids is 1. The van der Waals surface area contributed by atoms with E-state index in [0.29, 0.717) is 0 Å². The van der Waals surface area contributed by atoms with Crippen molar-refractivity contribution >= 4 is 5.91 Å². The van der Waals surface area contributed by atoms with Crippen molar-refractivity contribution in [3.63, 3.8) is 0 Å². The van der Waals surface area contributed by atoms with E-state index in [1.807, 2.05) is 13.8 Å². The van der Waals surface area contributed by atoms with Crippen LogP contribution in [0.4, 0.5) is 0 Å². The molecule has 0 aromatic carbocycles. The molecule has 1 amide bonds. The first kappa shape index (κ1) is 6.55. The number of nitrogens with one attached hydrogen (secondary N) is 2. The number of carbonyl (C=O) groups is 1. The van der Waals surface area contributed by atoms with Gasteiger partial charge in [0.1, 0.15) is 0 Å². The molecule has 1 rings (SSSR count). The third kappa shape index (κ3) is 1.42. The summed E-state index contributed by atoms with van der Waals surface area (Å²) in [6.07, 6.45) is 0. The molecule has 0 aliphatic carbocycles. The summed E-state index contributed by atoms with van der Waals surface area (Å²) < 4.78 is 0. The number of hydrogen-bond acceptors (Lipinski definition) is 2. The normalized spacial score (nSPS) is 36.0. The lowest BCUT2D eigenvalue weighted by Gasteiger charge is -2.25. The third-order valence-electron chi connectivity index (χ3n) is 1.51. The fourth-order valence-electron chi connectivity index (χ4n) is 0.865. The molecule has 3 heteroatoms.